The highest BCUT2D eigenvalue weighted by atomic mass is 35.5. The fourth-order valence-corrected chi connectivity index (χ4v) is 1.70. The van der Waals surface area contributed by atoms with E-state index < -0.39 is 0 Å². The number of benzene rings is 1. The molecule has 0 saturated carbocycles. The molecule has 0 aliphatic heterocycles. The minimum Gasteiger partial charge on any atom is -0.496 e. The Hall–Kier alpha value is -2.21. The van der Waals surface area contributed by atoms with Crippen molar-refractivity contribution in [2.45, 2.75) is 6.54 Å². The van der Waals surface area contributed by atoms with Crippen LogP contribution < -0.4 is 15.4 Å². The number of nitrogens with zero attached hydrogens (tertiary/aromatic N) is 1. The van der Waals surface area contributed by atoms with E-state index in [4.69, 9.17) is 16.3 Å². The third-order valence-electron chi connectivity index (χ3n) is 2.44. The number of anilines is 1. The largest absolute Gasteiger partial charge is 0.496 e. The number of halogens is 1. The molecule has 0 aliphatic carbocycles. The molecule has 2 rings (SSSR count). The van der Waals surface area contributed by atoms with Gasteiger partial charge in [0.2, 0.25) is 0 Å². The summed E-state index contributed by atoms with van der Waals surface area (Å²) in [6, 6.07) is 4.93. The van der Waals surface area contributed by atoms with Crippen molar-refractivity contribution < 1.29 is 9.53 Å². The number of methoxy groups -OCH3 is 1. The maximum absolute atomic E-state index is 11.6. The van der Waals surface area contributed by atoms with Gasteiger partial charge in [0.1, 0.15) is 5.75 Å². The number of hydrogen-bond acceptors (Lipinski definition) is 3. The first-order valence-electron chi connectivity index (χ1n) is 5.55. The highest BCUT2D eigenvalue weighted by molar-refractivity contribution is 6.30. The van der Waals surface area contributed by atoms with Gasteiger partial charge < -0.3 is 15.4 Å². The van der Waals surface area contributed by atoms with Crippen LogP contribution in [0.2, 0.25) is 5.02 Å². The van der Waals surface area contributed by atoms with Gasteiger partial charge in [-0.1, -0.05) is 17.7 Å². The van der Waals surface area contributed by atoms with Crippen LogP contribution in [0.25, 0.3) is 0 Å². The molecule has 0 spiro atoms. The Labute approximate surface area is 115 Å². The van der Waals surface area contributed by atoms with Gasteiger partial charge in [-0.2, -0.15) is 5.10 Å². The quantitative estimate of drug-likeness (QED) is 0.804. The first-order chi connectivity index (χ1) is 9.19. The Morgan fingerprint density at radius 1 is 1.53 bits per heavy atom. The molecular weight excluding hydrogens is 268 g/mol. The molecule has 0 bridgehead atoms. The summed E-state index contributed by atoms with van der Waals surface area (Å²) in [5, 5.41) is 12.3. The van der Waals surface area contributed by atoms with Crippen LogP contribution in [0.3, 0.4) is 0 Å². The monoisotopic (exact) mass is 280 g/mol. The van der Waals surface area contributed by atoms with Crippen molar-refractivity contribution in [1.82, 2.24) is 15.5 Å². The highest BCUT2D eigenvalue weighted by Crippen LogP contribution is 2.22. The SMILES string of the molecule is COc1cc(Cl)ccc1CNC(=O)Nc1cn[nH]c1. The third kappa shape index (κ3) is 3.62. The summed E-state index contributed by atoms with van der Waals surface area (Å²) in [6.45, 7) is 0.337. The molecule has 1 heterocycles. The molecule has 2 amide bonds. The van der Waals surface area contributed by atoms with Gasteiger partial charge in [-0.05, 0) is 12.1 Å². The predicted molar refractivity (Wildman–Crippen MR) is 72.5 cm³/mol. The molecule has 0 saturated heterocycles. The lowest BCUT2D eigenvalue weighted by Crippen LogP contribution is -2.28. The van der Waals surface area contributed by atoms with Gasteiger partial charge in [0.05, 0.1) is 19.0 Å². The summed E-state index contributed by atoms with van der Waals surface area (Å²) in [5.74, 6) is 0.635. The smallest absolute Gasteiger partial charge is 0.319 e. The maximum atomic E-state index is 11.6. The van der Waals surface area contributed by atoms with E-state index in [1.54, 1.807) is 31.5 Å². The lowest BCUT2D eigenvalue weighted by Gasteiger charge is -2.10. The maximum Gasteiger partial charge on any atom is 0.319 e. The molecule has 0 unspecified atom stereocenters. The zero-order valence-electron chi connectivity index (χ0n) is 10.2. The molecule has 1 aromatic heterocycles. The van der Waals surface area contributed by atoms with Crippen LogP contribution in [-0.4, -0.2) is 23.3 Å². The molecule has 100 valence electrons. The Kier molecular flexibility index (Phi) is 4.25. The van der Waals surface area contributed by atoms with E-state index in [1.807, 2.05) is 0 Å². The second-order valence-corrected chi connectivity index (χ2v) is 4.19. The van der Waals surface area contributed by atoms with Crippen LogP contribution in [-0.2, 0) is 6.54 Å². The van der Waals surface area contributed by atoms with E-state index >= 15 is 0 Å². The average Bonchev–Trinajstić information content (AvgIpc) is 2.90. The number of nitrogens with one attached hydrogen (secondary N) is 3. The van der Waals surface area contributed by atoms with Crippen molar-refractivity contribution >= 4 is 23.3 Å². The van der Waals surface area contributed by atoms with Crippen LogP contribution in [0.15, 0.2) is 30.6 Å². The number of H-pyrrole nitrogens is 1. The summed E-state index contributed by atoms with van der Waals surface area (Å²) in [7, 11) is 1.56. The van der Waals surface area contributed by atoms with Crippen molar-refractivity contribution in [2.24, 2.45) is 0 Å². The summed E-state index contributed by atoms with van der Waals surface area (Å²) in [5.41, 5.74) is 1.44. The first-order valence-corrected chi connectivity index (χ1v) is 5.93. The van der Waals surface area contributed by atoms with E-state index in [-0.39, 0.29) is 6.03 Å². The molecule has 0 radical (unpaired) electrons. The first kappa shape index (κ1) is 13.2. The van der Waals surface area contributed by atoms with Crippen molar-refractivity contribution in [1.29, 1.82) is 0 Å². The van der Waals surface area contributed by atoms with E-state index in [9.17, 15) is 4.79 Å². The average molecular weight is 281 g/mol. The van der Waals surface area contributed by atoms with Gasteiger partial charge in [0.25, 0.3) is 0 Å². The van der Waals surface area contributed by atoms with Crippen LogP contribution in [0, 0.1) is 0 Å². The predicted octanol–water partition coefficient (Wildman–Crippen LogP) is 2.39. The van der Waals surface area contributed by atoms with E-state index in [1.165, 1.54) is 6.20 Å². The Morgan fingerprint density at radius 2 is 2.37 bits per heavy atom. The molecule has 0 aliphatic rings. The number of hydrogen-bond donors (Lipinski definition) is 3. The zero-order valence-corrected chi connectivity index (χ0v) is 11.0. The van der Waals surface area contributed by atoms with Crippen molar-refractivity contribution in [2.75, 3.05) is 12.4 Å². The van der Waals surface area contributed by atoms with E-state index in [2.05, 4.69) is 20.8 Å². The number of aromatic nitrogens is 2. The zero-order chi connectivity index (χ0) is 13.7. The minimum atomic E-state index is -0.321. The van der Waals surface area contributed by atoms with Gasteiger partial charge in [0.15, 0.2) is 0 Å². The Morgan fingerprint density at radius 3 is 3.05 bits per heavy atom. The van der Waals surface area contributed by atoms with Crippen LogP contribution in [0.5, 0.6) is 5.75 Å². The van der Waals surface area contributed by atoms with Gasteiger partial charge in [0, 0.05) is 23.3 Å². The molecule has 0 fully saturated rings. The van der Waals surface area contributed by atoms with E-state index in [0.29, 0.717) is 23.0 Å². The highest BCUT2D eigenvalue weighted by Gasteiger charge is 2.06. The van der Waals surface area contributed by atoms with Crippen molar-refractivity contribution in [3.63, 3.8) is 0 Å². The van der Waals surface area contributed by atoms with Crippen molar-refractivity contribution in [3.8, 4) is 5.75 Å². The molecule has 19 heavy (non-hydrogen) atoms. The summed E-state index contributed by atoms with van der Waals surface area (Å²) in [6.07, 6.45) is 3.10. The number of aromatic amines is 1. The molecular formula is C12H13ClN4O2. The number of carbonyl (C=O) groups is 1. The molecule has 1 aromatic carbocycles. The fraction of sp³-hybridized carbons (Fsp3) is 0.167. The third-order valence-corrected chi connectivity index (χ3v) is 2.68. The number of carbonyl (C=O) groups excluding carboxylic acids is 1. The number of ether oxygens (including phenoxy) is 1. The van der Waals surface area contributed by atoms with E-state index in [0.717, 1.165) is 5.56 Å². The Bertz CT molecular complexity index is 557. The second kappa shape index (κ2) is 6.10. The standard InChI is InChI=1S/C12H13ClN4O2/c1-19-11-4-9(13)3-2-8(11)5-14-12(18)17-10-6-15-16-7-10/h2-4,6-7H,5H2,1H3,(H,15,16)(H2,14,17,18). The normalized spacial score (nSPS) is 10.0. The Balaban J connectivity index is 1.93. The molecule has 3 N–H and O–H groups in total. The molecule has 6 nitrogen and oxygen atoms in total. The number of urea groups is 1. The van der Waals surface area contributed by atoms with Crippen LogP contribution in [0.4, 0.5) is 10.5 Å². The lowest BCUT2D eigenvalue weighted by atomic mass is 10.2. The lowest BCUT2D eigenvalue weighted by molar-refractivity contribution is 0.251. The molecule has 0 atom stereocenters. The van der Waals surface area contributed by atoms with Gasteiger partial charge in [-0.3, -0.25) is 5.10 Å². The summed E-state index contributed by atoms with van der Waals surface area (Å²) >= 11 is 5.86. The summed E-state index contributed by atoms with van der Waals surface area (Å²) in [4.78, 5) is 11.6. The molecule has 2 aromatic rings. The number of amides is 2. The number of rotatable bonds is 4. The topological polar surface area (TPSA) is 79.0 Å². The van der Waals surface area contributed by atoms with Crippen LogP contribution >= 0.6 is 11.6 Å². The molecule has 7 heteroatoms. The fourth-order valence-electron chi connectivity index (χ4n) is 1.53. The van der Waals surface area contributed by atoms with Crippen LogP contribution in [0.1, 0.15) is 5.56 Å². The minimum absolute atomic E-state index is 0.321. The summed E-state index contributed by atoms with van der Waals surface area (Å²) < 4.78 is 5.19. The van der Waals surface area contributed by atoms with Gasteiger partial charge in [-0.15, -0.1) is 0 Å². The van der Waals surface area contributed by atoms with Crippen molar-refractivity contribution in [3.05, 3.63) is 41.2 Å². The second-order valence-electron chi connectivity index (χ2n) is 3.75. The van der Waals surface area contributed by atoms with Gasteiger partial charge in [-0.25, -0.2) is 4.79 Å². The van der Waals surface area contributed by atoms with Gasteiger partial charge >= 0.3 is 6.03 Å².